The van der Waals surface area contributed by atoms with Crippen molar-refractivity contribution in [3.05, 3.63) is 48.5 Å². The molecule has 204 valence electrons. The summed E-state index contributed by atoms with van der Waals surface area (Å²) >= 11 is 0. The molecule has 0 unspecified atom stereocenters. The molecule has 0 amide bonds. The molecule has 2 nitrogen and oxygen atoms in total. The summed E-state index contributed by atoms with van der Waals surface area (Å²) in [5.74, 6) is 1.48. The Hall–Kier alpha value is -1.57. The number of para-hydroxylation sites is 1. The van der Waals surface area contributed by atoms with Crippen LogP contribution in [0.15, 0.2) is 42.7 Å². The molecule has 0 aliphatic rings. The predicted molar refractivity (Wildman–Crippen MR) is 158 cm³/mol. The number of nitrogens with zero attached hydrogens (tertiary/aromatic N) is 2. The zero-order chi connectivity index (χ0) is 25.5. The fourth-order valence-corrected chi connectivity index (χ4v) is 5.47. The quantitative estimate of drug-likeness (QED) is 0.101. The first kappa shape index (κ1) is 30.7. The summed E-state index contributed by atoms with van der Waals surface area (Å²) in [6.07, 6.45) is 35.4. The van der Waals surface area contributed by atoms with Gasteiger partial charge in [0.05, 0.1) is 6.54 Å². The summed E-state index contributed by atoms with van der Waals surface area (Å²) < 4.78 is 4.96. The van der Waals surface area contributed by atoms with Crippen LogP contribution in [0.5, 0.6) is 0 Å². The molecule has 2 heteroatoms. The summed E-state index contributed by atoms with van der Waals surface area (Å²) in [5.41, 5.74) is 1.30. The van der Waals surface area contributed by atoms with Crippen LogP contribution in [-0.4, -0.2) is 4.57 Å². The van der Waals surface area contributed by atoms with E-state index in [1.54, 1.807) is 0 Å². The van der Waals surface area contributed by atoms with Gasteiger partial charge in [-0.15, -0.1) is 0 Å². The van der Waals surface area contributed by atoms with Gasteiger partial charge in [0.25, 0.3) is 5.82 Å². The van der Waals surface area contributed by atoms with Gasteiger partial charge in [-0.25, -0.2) is 4.57 Å². The maximum atomic E-state index is 2.54. The van der Waals surface area contributed by atoms with E-state index in [0.29, 0.717) is 0 Å². The van der Waals surface area contributed by atoms with Crippen molar-refractivity contribution in [1.82, 2.24) is 4.57 Å². The summed E-state index contributed by atoms with van der Waals surface area (Å²) in [5, 5.41) is 0. The molecule has 1 heterocycles. The van der Waals surface area contributed by atoms with E-state index in [1.807, 2.05) is 0 Å². The lowest BCUT2D eigenvalue weighted by molar-refractivity contribution is -0.704. The van der Waals surface area contributed by atoms with Gasteiger partial charge in [0, 0.05) is 6.42 Å². The van der Waals surface area contributed by atoms with Crippen molar-refractivity contribution >= 4 is 0 Å². The Balaban J connectivity index is 1.56. The molecule has 0 saturated carbocycles. The molecule has 2 aromatic rings. The van der Waals surface area contributed by atoms with Gasteiger partial charge in [-0.05, 0) is 31.4 Å². The van der Waals surface area contributed by atoms with Crippen LogP contribution < -0.4 is 4.57 Å². The summed E-state index contributed by atoms with van der Waals surface area (Å²) in [7, 11) is 0. The van der Waals surface area contributed by atoms with Crippen LogP contribution in [-0.2, 0) is 13.0 Å². The Morgan fingerprint density at radius 3 is 1.47 bits per heavy atom. The first-order chi connectivity index (χ1) is 17.9. The monoisotopic (exact) mass is 495 g/mol. The third-order valence-electron chi connectivity index (χ3n) is 7.80. The summed E-state index contributed by atoms with van der Waals surface area (Å²) in [6, 6.07) is 10.9. The van der Waals surface area contributed by atoms with Crippen molar-refractivity contribution < 1.29 is 4.57 Å². The molecule has 0 saturated heterocycles. The molecule has 0 N–H and O–H groups in total. The average Bonchev–Trinajstić information content (AvgIpc) is 3.31. The van der Waals surface area contributed by atoms with Crippen LogP contribution >= 0.6 is 0 Å². The van der Waals surface area contributed by atoms with E-state index in [1.165, 1.54) is 159 Å². The van der Waals surface area contributed by atoms with Gasteiger partial charge in [0.1, 0.15) is 18.1 Å². The van der Waals surface area contributed by atoms with Crippen LogP contribution in [0.4, 0.5) is 0 Å². The van der Waals surface area contributed by atoms with Gasteiger partial charge in [-0.2, -0.15) is 4.57 Å². The van der Waals surface area contributed by atoms with E-state index in [9.17, 15) is 0 Å². The number of benzene rings is 1. The predicted octanol–water partition coefficient (Wildman–Crippen LogP) is 10.5. The Kier molecular flexibility index (Phi) is 18.3. The van der Waals surface area contributed by atoms with Crippen molar-refractivity contribution in [2.24, 2.45) is 0 Å². The van der Waals surface area contributed by atoms with Crippen molar-refractivity contribution in [2.45, 2.75) is 162 Å². The van der Waals surface area contributed by atoms with Gasteiger partial charge >= 0.3 is 0 Å². The molecule has 0 aliphatic heterocycles. The van der Waals surface area contributed by atoms with Crippen LogP contribution in [0, 0.1) is 0 Å². The molecule has 0 atom stereocenters. The van der Waals surface area contributed by atoms with Crippen LogP contribution in [0.25, 0.3) is 5.69 Å². The lowest BCUT2D eigenvalue weighted by Gasteiger charge is -2.06. The minimum Gasteiger partial charge on any atom is -0.234 e. The third-order valence-corrected chi connectivity index (χ3v) is 7.80. The number of unbranched alkanes of at least 4 members (excludes halogenated alkanes) is 19. The molecule has 2 rings (SSSR count). The maximum absolute atomic E-state index is 2.54. The van der Waals surface area contributed by atoms with Crippen molar-refractivity contribution in [2.75, 3.05) is 0 Å². The minimum absolute atomic E-state index is 1.17. The van der Waals surface area contributed by atoms with E-state index < -0.39 is 0 Å². The van der Waals surface area contributed by atoms with Crippen LogP contribution in [0.3, 0.4) is 0 Å². The van der Waals surface area contributed by atoms with E-state index in [0.717, 1.165) is 0 Å². The van der Waals surface area contributed by atoms with E-state index in [2.05, 4.69) is 65.7 Å². The topological polar surface area (TPSA) is 8.81 Å². The highest BCUT2D eigenvalue weighted by Gasteiger charge is 2.18. The van der Waals surface area contributed by atoms with Crippen molar-refractivity contribution in [3.8, 4) is 5.69 Å². The molecule has 36 heavy (non-hydrogen) atoms. The van der Waals surface area contributed by atoms with Gasteiger partial charge in [-0.3, -0.25) is 0 Å². The molecule has 0 bridgehead atoms. The molecule has 0 aliphatic carbocycles. The van der Waals surface area contributed by atoms with Gasteiger partial charge in [0.2, 0.25) is 0 Å². The highest BCUT2D eigenvalue weighted by Crippen LogP contribution is 2.15. The smallest absolute Gasteiger partial charge is 0.234 e. The fraction of sp³-hybridized carbons (Fsp3) is 0.735. The first-order valence-electron chi connectivity index (χ1n) is 16.0. The minimum atomic E-state index is 1.17. The molecule has 0 radical (unpaired) electrons. The normalized spacial score (nSPS) is 11.4. The zero-order valence-corrected chi connectivity index (χ0v) is 24.2. The largest absolute Gasteiger partial charge is 0.261 e. The number of hydrogen-bond acceptors (Lipinski definition) is 0. The van der Waals surface area contributed by atoms with Gasteiger partial charge in [0.15, 0.2) is 0 Å². The molecular weight excluding hydrogens is 436 g/mol. The molecular formula is C34H59N2+. The summed E-state index contributed by atoms with van der Waals surface area (Å²) in [4.78, 5) is 0. The van der Waals surface area contributed by atoms with Crippen LogP contribution in [0.2, 0.25) is 0 Å². The second-order valence-electron chi connectivity index (χ2n) is 11.1. The van der Waals surface area contributed by atoms with Crippen LogP contribution in [0.1, 0.15) is 155 Å². The highest BCUT2D eigenvalue weighted by atomic mass is 15.1. The third kappa shape index (κ3) is 13.7. The Morgan fingerprint density at radius 1 is 0.528 bits per heavy atom. The molecule has 0 spiro atoms. The zero-order valence-electron chi connectivity index (χ0n) is 24.2. The Labute approximate surface area is 224 Å². The molecule has 1 aromatic heterocycles. The Bertz CT molecular complexity index is 733. The first-order valence-corrected chi connectivity index (χ1v) is 16.0. The highest BCUT2D eigenvalue weighted by molar-refractivity contribution is 5.31. The number of imidazole rings is 1. The lowest BCUT2D eigenvalue weighted by Crippen LogP contribution is -2.37. The standard InChI is InChI=1S/C34H59N2/c1-3-5-7-9-10-11-12-13-14-15-16-17-18-19-21-26-30-35-31-32-36(33-27-23-22-24-28-33)34(35)29-25-20-8-6-4-2/h22-24,27-28,31-32H,3-21,25-26,29-30H2,1-2H3/q+1. The average molecular weight is 496 g/mol. The van der Waals surface area contributed by atoms with E-state index in [-0.39, 0.29) is 0 Å². The second-order valence-corrected chi connectivity index (χ2v) is 11.1. The molecule has 1 aromatic carbocycles. The van der Waals surface area contributed by atoms with Crippen molar-refractivity contribution in [3.63, 3.8) is 0 Å². The Morgan fingerprint density at radius 2 is 0.972 bits per heavy atom. The SMILES string of the molecule is CCCCCCCCCCCCCCCCCC[n+]1ccn(-c2ccccc2)c1CCCCCCC. The van der Waals surface area contributed by atoms with Crippen molar-refractivity contribution in [1.29, 1.82) is 0 Å². The van der Waals surface area contributed by atoms with Gasteiger partial charge in [-0.1, -0.05) is 148 Å². The van der Waals surface area contributed by atoms with E-state index in [4.69, 9.17) is 0 Å². The summed E-state index contributed by atoms with van der Waals surface area (Å²) in [6.45, 7) is 5.77. The molecule has 0 fully saturated rings. The second kappa shape index (κ2) is 21.5. The van der Waals surface area contributed by atoms with Gasteiger partial charge < -0.3 is 0 Å². The lowest BCUT2D eigenvalue weighted by atomic mass is 10.0. The fourth-order valence-electron chi connectivity index (χ4n) is 5.47. The maximum Gasteiger partial charge on any atom is 0.261 e. The number of aromatic nitrogens is 2. The number of aryl methyl sites for hydroxylation is 1. The number of hydrogen-bond donors (Lipinski definition) is 0. The number of rotatable bonds is 24. The van der Waals surface area contributed by atoms with E-state index >= 15 is 0 Å².